The van der Waals surface area contributed by atoms with Crippen LogP contribution in [0.1, 0.15) is 43.7 Å². The first kappa shape index (κ1) is 25.8. The number of pyridine rings is 1. The van der Waals surface area contributed by atoms with Gasteiger partial charge in [-0.15, -0.1) is 0 Å². The summed E-state index contributed by atoms with van der Waals surface area (Å²) in [7, 11) is 0. The lowest BCUT2D eigenvalue weighted by Crippen LogP contribution is -2.48. The predicted octanol–water partition coefficient (Wildman–Crippen LogP) is 2.90. The van der Waals surface area contributed by atoms with Gasteiger partial charge in [-0.2, -0.15) is 0 Å². The molecule has 2 fully saturated rings. The molecule has 2 aromatic heterocycles. The van der Waals surface area contributed by atoms with Gasteiger partial charge in [0.2, 0.25) is 0 Å². The number of hydrogen-bond acceptors (Lipinski definition) is 8. The number of aromatic nitrogens is 2. The molecule has 0 aliphatic carbocycles. The molecule has 2 saturated heterocycles. The van der Waals surface area contributed by atoms with Gasteiger partial charge in [0.25, 0.3) is 11.5 Å². The summed E-state index contributed by atoms with van der Waals surface area (Å²) in [4.78, 5) is 38.2. The number of carbonyl (C=O) groups excluding carboxylic acids is 1. The number of anilines is 1. The van der Waals surface area contributed by atoms with Crippen molar-refractivity contribution in [3.05, 3.63) is 44.7 Å². The van der Waals surface area contributed by atoms with Crippen LogP contribution in [0, 0.1) is 6.92 Å². The van der Waals surface area contributed by atoms with Crippen molar-refractivity contribution in [3.8, 4) is 0 Å². The highest BCUT2D eigenvalue weighted by molar-refractivity contribution is 8.26. The summed E-state index contributed by atoms with van der Waals surface area (Å²) in [6.45, 7) is 8.38. The molecule has 0 saturated carbocycles. The van der Waals surface area contributed by atoms with Crippen LogP contribution in [0.25, 0.3) is 11.7 Å². The number of fused-ring (bicyclic) bond motifs is 1. The average Bonchev–Trinajstić information content (AvgIpc) is 3.12. The molecule has 1 N–H and O–H groups in total. The summed E-state index contributed by atoms with van der Waals surface area (Å²) in [6, 6.07) is 3.77. The highest BCUT2D eigenvalue weighted by Gasteiger charge is 2.33. The molecule has 2 aromatic rings. The molecule has 0 aromatic carbocycles. The number of carbonyl (C=O) groups is 1. The maximum absolute atomic E-state index is 13.7. The second-order valence-electron chi connectivity index (χ2n) is 8.99. The smallest absolute Gasteiger partial charge is 0.267 e. The topological polar surface area (TPSA) is 81.4 Å². The van der Waals surface area contributed by atoms with Gasteiger partial charge in [-0.3, -0.25) is 23.8 Å². The molecule has 2 aliphatic rings. The molecule has 0 bridgehead atoms. The van der Waals surface area contributed by atoms with Crippen LogP contribution >= 0.6 is 24.0 Å². The first-order chi connectivity index (χ1) is 16.9. The quantitative estimate of drug-likeness (QED) is 0.310. The van der Waals surface area contributed by atoms with Crippen molar-refractivity contribution >= 4 is 51.7 Å². The van der Waals surface area contributed by atoms with Crippen LogP contribution in [0.15, 0.2) is 28.0 Å². The maximum Gasteiger partial charge on any atom is 0.267 e. The Morgan fingerprint density at radius 3 is 2.63 bits per heavy atom. The van der Waals surface area contributed by atoms with E-state index < -0.39 is 0 Å². The van der Waals surface area contributed by atoms with E-state index in [2.05, 4.69) is 16.7 Å². The number of aliphatic hydroxyl groups excluding tert-OH is 1. The van der Waals surface area contributed by atoms with E-state index in [-0.39, 0.29) is 18.1 Å². The summed E-state index contributed by atoms with van der Waals surface area (Å²) in [5.74, 6) is 0.463. The second-order valence-corrected chi connectivity index (χ2v) is 10.7. The number of aryl methyl sites for hydroxylation is 1. The molecule has 8 nitrogen and oxygen atoms in total. The van der Waals surface area contributed by atoms with Crippen LogP contribution in [0.4, 0.5) is 5.82 Å². The van der Waals surface area contributed by atoms with Crippen LogP contribution in [0.5, 0.6) is 0 Å². The normalized spacial score (nSPS) is 18.4. The zero-order valence-electron chi connectivity index (χ0n) is 20.4. The fraction of sp³-hybridized carbons (Fsp3) is 0.520. The van der Waals surface area contributed by atoms with Gasteiger partial charge in [0.05, 0.1) is 17.1 Å². The second kappa shape index (κ2) is 11.6. The molecule has 1 amide bonds. The minimum atomic E-state index is -0.195. The Kier molecular flexibility index (Phi) is 8.59. The van der Waals surface area contributed by atoms with E-state index in [4.69, 9.17) is 17.2 Å². The maximum atomic E-state index is 13.7. The molecule has 0 atom stereocenters. The van der Waals surface area contributed by atoms with Crippen LogP contribution in [-0.4, -0.2) is 80.4 Å². The molecule has 4 rings (SSSR count). The lowest BCUT2D eigenvalue weighted by atomic mass is 10.2. The summed E-state index contributed by atoms with van der Waals surface area (Å²) < 4.78 is 2.10. The first-order valence-electron chi connectivity index (χ1n) is 12.3. The Balaban J connectivity index is 1.70. The number of hydrogen-bond donors (Lipinski definition) is 1. The van der Waals surface area contributed by atoms with Gasteiger partial charge in [-0.25, -0.2) is 4.98 Å². The van der Waals surface area contributed by atoms with Gasteiger partial charge in [0.1, 0.15) is 15.8 Å². The summed E-state index contributed by atoms with van der Waals surface area (Å²) in [5, 5.41) is 9.27. The molecule has 0 radical (unpaired) electrons. The molecule has 188 valence electrons. The lowest BCUT2D eigenvalue weighted by molar-refractivity contribution is -0.122. The Morgan fingerprint density at radius 1 is 1.14 bits per heavy atom. The highest BCUT2D eigenvalue weighted by Crippen LogP contribution is 2.34. The van der Waals surface area contributed by atoms with Crippen molar-refractivity contribution in [2.45, 2.75) is 39.5 Å². The highest BCUT2D eigenvalue weighted by atomic mass is 32.2. The third-order valence-electron chi connectivity index (χ3n) is 6.54. The summed E-state index contributed by atoms with van der Waals surface area (Å²) >= 11 is 6.76. The third kappa shape index (κ3) is 5.61. The van der Waals surface area contributed by atoms with Gasteiger partial charge in [0, 0.05) is 45.5 Å². The minimum Gasteiger partial charge on any atom is -0.395 e. The van der Waals surface area contributed by atoms with E-state index in [9.17, 15) is 14.7 Å². The fourth-order valence-corrected chi connectivity index (χ4v) is 5.80. The molecule has 2 aliphatic heterocycles. The monoisotopic (exact) mass is 515 g/mol. The van der Waals surface area contributed by atoms with E-state index in [1.54, 1.807) is 21.6 Å². The third-order valence-corrected chi connectivity index (χ3v) is 7.91. The zero-order chi connectivity index (χ0) is 24.9. The zero-order valence-corrected chi connectivity index (χ0v) is 22.0. The minimum absolute atomic E-state index is 0.125. The van der Waals surface area contributed by atoms with Crippen molar-refractivity contribution < 1.29 is 9.90 Å². The fourth-order valence-electron chi connectivity index (χ4n) is 4.51. The average molecular weight is 516 g/mol. The van der Waals surface area contributed by atoms with Gasteiger partial charge in [-0.05, 0) is 31.1 Å². The van der Waals surface area contributed by atoms with Crippen LogP contribution in [-0.2, 0) is 4.79 Å². The Labute approximate surface area is 215 Å². The van der Waals surface area contributed by atoms with Crippen molar-refractivity contribution in [3.63, 3.8) is 0 Å². The SMILES string of the molecule is CCCCCCN1C(=O)C(=Cc2c(N3CCN(CCO)CC3)nc3c(C)cccn3c2=O)SC1=S. The van der Waals surface area contributed by atoms with Crippen LogP contribution < -0.4 is 10.5 Å². The van der Waals surface area contributed by atoms with Gasteiger partial charge in [0.15, 0.2) is 0 Å². The number of unbranched alkanes of at least 4 members (excludes halogenated alkanes) is 3. The Hall–Kier alpha value is -2.27. The number of amides is 1. The molecular formula is C25H33N5O3S2. The van der Waals surface area contributed by atoms with Crippen molar-refractivity contribution in [2.24, 2.45) is 0 Å². The van der Waals surface area contributed by atoms with E-state index >= 15 is 0 Å². The standard InChI is InChI=1S/C25H33N5O3S2/c1-3-4-5-6-9-30-24(33)20(35-25(30)34)17-19-22(28-13-11-27(12-14-28)15-16-31)26-21-18(2)8-7-10-29(21)23(19)32/h7-8,10,17,31H,3-6,9,11-16H2,1-2H3. The molecular weight excluding hydrogens is 482 g/mol. The number of thiocarbonyl (C=S) groups is 1. The number of nitrogens with zero attached hydrogens (tertiary/aromatic N) is 5. The molecule has 10 heteroatoms. The van der Waals surface area contributed by atoms with E-state index in [1.807, 2.05) is 19.1 Å². The molecule has 35 heavy (non-hydrogen) atoms. The van der Waals surface area contributed by atoms with Crippen molar-refractivity contribution in [1.29, 1.82) is 0 Å². The summed E-state index contributed by atoms with van der Waals surface area (Å²) in [6.07, 6.45) is 7.65. The Bertz CT molecular complexity index is 1190. The lowest BCUT2D eigenvalue weighted by Gasteiger charge is -2.35. The largest absolute Gasteiger partial charge is 0.395 e. The van der Waals surface area contributed by atoms with Crippen molar-refractivity contribution in [2.75, 3.05) is 50.8 Å². The first-order valence-corrected chi connectivity index (χ1v) is 13.5. The summed E-state index contributed by atoms with van der Waals surface area (Å²) in [5.41, 5.74) is 1.75. The van der Waals surface area contributed by atoms with Crippen molar-refractivity contribution in [1.82, 2.24) is 19.2 Å². The molecule has 4 heterocycles. The van der Waals surface area contributed by atoms with E-state index in [1.165, 1.54) is 11.8 Å². The predicted molar refractivity (Wildman–Crippen MR) is 146 cm³/mol. The van der Waals surface area contributed by atoms with Crippen LogP contribution in [0.2, 0.25) is 0 Å². The number of aliphatic hydroxyl groups is 1. The Morgan fingerprint density at radius 2 is 1.91 bits per heavy atom. The van der Waals surface area contributed by atoms with Gasteiger partial charge >= 0.3 is 0 Å². The number of β-amino-alcohol motifs (C(OH)–C–C–N with tert-alkyl or cyclic N) is 1. The van der Waals surface area contributed by atoms with E-state index in [0.29, 0.717) is 52.4 Å². The molecule has 0 unspecified atom stereocenters. The van der Waals surface area contributed by atoms with Gasteiger partial charge in [-0.1, -0.05) is 56.2 Å². The van der Waals surface area contributed by atoms with E-state index in [0.717, 1.165) is 44.3 Å². The number of piperazine rings is 1. The molecule has 0 spiro atoms. The number of thioether (sulfide) groups is 1. The number of rotatable bonds is 9. The van der Waals surface area contributed by atoms with Crippen LogP contribution in [0.3, 0.4) is 0 Å². The van der Waals surface area contributed by atoms with Gasteiger partial charge < -0.3 is 10.0 Å².